The van der Waals surface area contributed by atoms with E-state index in [1.165, 1.54) is 31.3 Å². The number of rotatable bonds is 5. The fraction of sp³-hybridized carbons (Fsp3) is 0.120. The molecule has 0 bridgehead atoms. The molecule has 0 aromatic heterocycles. The first-order chi connectivity index (χ1) is 15.4. The van der Waals surface area contributed by atoms with Crippen LogP contribution < -0.4 is 14.4 Å². The fourth-order valence-electron chi connectivity index (χ4n) is 3.78. The Balaban J connectivity index is 1.93. The minimum absolute atomic E-state index is 0.0239. The van der Waals surface area contributed by atoms with Crippen LogP contribution >= 0.6 is 0 Å². The molecule has 7 heteroatoms. The molecule has 1 saturated heterocycles. The summed E-state index contributed by atoms with van der Waals surface area (Å²) in [6.45, 7) is 0. The van der Waals surface area contributed by atoms with Gasteiger partial charge in [0.1, 0.15) is 23.0 Å². The topological polar surface area (TPSA) is 96.3 Å². The molecule has 1 amide bonds. The van der Waals surface area contributed by atoms with Crippen LogP contribution in [-0.4, -0.2) is 36.1 Å². The number of methoxy groups -OCH3 is 2. The molecule has 0 radical (unpaired) electrons. The van der Waals surface area contributed by atoms with Crippen LogP contribution in [0.5, 0.6) is 17.2 Å². The Bertz CT molecular complexity index is 1220. The van der Waals surface area contributed by atoms with Gasteiger partial charge in [0.15, 0.2) is 0 Å². The van der Waals surface area contributed by atoms with Crippen molar-refractivity contribution in [2.75, 3.05) is 19.1 Å². The van der Waals surface area contributed by atoms with E-state index in [4.69, 9.17) is 9.47 Å². The van der Waals surface area contributed by atoms with Gasteiger partial charge in [-0.2, -0.15) is 0 Å². The lowest BCUT2D eigenvalue weighted by Gasteiger charge is -2.25. The van der Waals surface area contributed by atoms with E-state index in [0.717, 1.165) is 0 Å². The lowest BCUT2D eigenvalue weighted by atomic mass is 9.95. The second-order valence-electron chi connectivity index (χ2n) is 7.19. The Morgan fingerprint density at radius 1 is 0.875 bits per heavy atom. The van der Waals surface area contributed by atoms with Gasteiger partial charge < -0.3 is 19.7 Å². The predicted octanol–water partition coefficient (Wildman–Crippen LogP) is 4.04. The summed E-state index contributed by atoms with van der Waals surface area (Å²) < 4.78 is 10.4. The number of phenolic OH excluding ortho intramolecular Hbond substituents is 1. The molecule has 1 aliphatic heterocycles. The molecular formula is C25H21NO6. The van der Waals surface area contributed by atoms with Crippen molar-refractivity contribution in [2.24, 2.45) is 0 Å². The van der Waals surface area contributed by atoms with Gasteiger partial charge >= 0.3 is 0 Å². The SMILES string of the molecule is COc1ccc(N2C(=O)C(=O)/C(=C(\O)c3cccc(OC)c3)C2c2cccc(O)c2)cc1. The summed E-state index contributed by atoms with van der Waals surface area (Å²) in [5, 5.41) is 21.2. The Labute approximate surface area is 184 Å². The summed E-state index contributed by atoms with van der Waals surface area (Å²) in [5.41, 5.74) is 1.18. The number of nitrogens with zero attached hydrogens (tertiary/aromatic N) is 1. The first-order valence-electron chi connectivity index (χ1n) is 9.83. The quantitative estimate of drug-likeness (QED) is 0.360. The third-order valence-corrected chi connectivity index (χ3v) is 5.32. The zero-order valence-electron chi connectivity index (χ0n) is 17.5. The number of carbonyl (C=O) groups is 2. The number of amides is 1. The molecule has 1 atom stereocenters. The highest BCUT2D eigenvalue weighted by Gasteiger charge is 2.47. The Morgan fingerprint density at radius 3 is 2.22 bits per heavy atom. The Kier molecular flexibility index (Phi) is 5.55. The Morgan fingerprint density at radius 2 is 1.56 bits per heavy atom. The van der Waals surface area contributed by atoms with Crippen molar-refractivity contribution in [1.29, 1.82) is 0 Å². The van der Waals surface area contributed by atoms with Gasteiger partial charge in [-0.25, -0.2) is 0 Å². The number of aliphatic hydroxyl groups excluding tert-OH is 1. The number of hydrogen-bond acceptors (Lipinski definition) is 6. The summed E-state index contributed by atoms with van der Waals surface area (Å²) in [6, 6.07) is 18.6. The number of hydrogen-bond donors (Lipinski definition) is 2. The van der Waals surface area contributed by atoms with Crippen molar-refractivity contribution < 1.29 is 29.3 Å². The molecular weight excluding hydrogens is 410 g/mol. The van der Waals surface area contributed by atoms with E-state index in [1.54, 1.807) is 60.7 Å². The van der Waals surface area contributed by atoms with Gasteiger partial charge in [0, 0.05) is 11.3 Å². The monoisotopic (exact) mass is 431 g/mol. The van der Waals surface area contributed by atoms with Gasteiger partial charge in [-0.3, -0.25) is 14.5 Å². The van der Waals surface area contributed by atoms with Crippen molar-refractivity contribution in [3.8, 4) is 17.2 Å². The third-order valence-electron chi connectivity index (χ3n) is 5.32. The van der Waals surface area contributed by atoms with Gasteiger partial charge in [0.2, 0.25) is 0 Å². The number of benzene rings is 3. The van der Waals surface area contributed by atoms with Crippen molar-refractivity contribution in [2.45, 2.75) is 6.04 Å². The van der Waals surface area contributed by atoms with Crippen LogP contribution in [-0.2, 0) is 9.59 Å². The lowest BCUT2D eigenvalue weighted by molar-refractivity contribution is -0.132. The van der Waals surface area contributed by atoms with E-state index in [1.807, 2.05) is 0 Å². The average molecular weight is 431 g/mol. The number of ether oxygens (including phenoxy) is 2. The first kappa shape index (κ1) is 21.0. The molecule has 1 fully saturated rings. The first-order valence-corrected chi connectivity index (χ1v) is 9.83. The summed E-state index contributed by atoms with van der Waals surface area (Å²) in [5.74, 6) is -0.874. The fourth-order valence-corrected chi connectivity index (χ4v) is 3.78. The summed E-state index contributed by atoms with van der Waals surface area (Å²) in [6.07, 6.45) is 0. The molecule has 32 heavy (non-hydrogen) atoms. The largest absolute Gasteiger partial charge is 0.508 e. The molecule has 1 aliphatic rings. The normalized spacial score (nSPS) is 17.4. The number of anilines is 1. The highest BCUT2D eigenvalue weighted by Crippen LogP contribution is 2.43. The molecule has 0 saturated carbocycles. The van der Waals surface area contributed by atoms with Crippen molar-refractivity contribution >= 4 is 23.1 Å². The van der Waals surface area contributed by atoms with E-state index in [0.29, 0.717) is 28.3 Å². The number of aromatic hydroxyl groups is 1. The highest BCUT2D eigenvalue weighted by molar-refractivity contribution is 6.51. The molecule has 2 N–H and O–H groups in total. The summed E-state index contributed by atoms with van der Waals surface area (Å²) in [7, 11) is 3.02. The van der Waals surface area contributed by atoms with E-state index in [2.05, 4.69) is 0 Å². The van der Waals surface area contributed by atoms with Crippen molar-refractivity contribution in [3.63, 3.8) is 0 Å². The van der Waals surface area contributed by atoms with Crippen LogP contribution in [0.3, 0.4) is 0 Å². The van der Waals surface area contributed by atoms with Crippen molar-refractivity contribution in [3.05, 3.63) is 89.5 Å². The summed E-state index contributed by atoms with van der Waals surface area (Å²) >= 11 is 0. The zero-order chi connectivity index (χ0) is 22.8. The van der Waals surface area contributed by atoms with Gasteiger partial charge in [-0.05, 0) is 54.1 Å². The number of ketones is 1. The minimum Gasteiger partial charge on any atom is -0.508 e. The van der Waals surface area contributed by atoms with Crippen LogP contribution in [0.1, 0.15) is 17.2 Å². The number of phenols is 1. The van der Waals surface area contributed by atoms with E-state index in [-0.39, 0.29) is 17.1 Å². The molecule has 3 aromatic carbocycles. The maximum Gasteiger partial charge on any atom is 0.300 e. The van der Waals surface area contributed by atoms with Crippen LogP contribution in [0.15, 0.2) is 78.4 Å². The average Bonchev–Trinajstić information content (AvgIpc) is 3.09. The van der Waals surface area contributed by atoms with Crippen molar-refractivity contribution in [1.82, 2.24) is 0 Å². The number of Topliss-reactive ketones (excluding diaryl/α,β-unsaturated/α-hetero) is 1. The molecule has 1 unspecified atom stereocenters. The molecule has 3 aromatic rings. The van der Waals surface area contributed by atoms with Gasteiger partial charge in [-0.15, -0.1) is 0 Å². The van der Waals surface area contributed by atoms with Crippen LogP contribution in [0.2, 0.25) is 0 Å². The molecule has 7 nitrogen and oxygen atoms in total. The molecule has 4 rings (SSSR count). The number of aliphatic hydroxyl groups is 1. The van der Waals surface area contributed by atoms with E-state index in [9.17, 15) is 19.8 Å². The minimum atomic E-state index is -0.943. The molecule has 0 spiro atoms. The maximum atomic E-state index is 13.1. The number of carbonyl (C=O) groups excluding carboxylic acids is 2. The van der Waals surface area contributed by atoms with E-state index < -0.39 is 17.7 Å². The molecule has 1 heterocycles. The molecule has 162 valence electrons. The second kappa shape index (κ2) is 8.47. The van der Waals surface area contributed by atoms with E-state index >= 15 is 0 Å². The predicted molar refractivity (Wildman–Crippen MR) is 119 cm³/mol. The highest BCUT2D eigenvalue weighted by atomic mass is 16.5. The molecule has 0 aliphatic carbocycles. The Hall–Kier alpha value is -4.26. The van der Waals surface area contributed by atoms with Crippen LogP contribution in [0, 0.1) is 0 Å². The summed E-state index contributed by atoms with van der Waals surface area (Å²) in [4.78, 5) is 27.5. The maximum absolute atomic E-state index is 13.1. The zero-order valence-corrected chi connectivity index (χ0v) is 17.5. The third kappa shape index (κ3) is 3.65. The van der Waals surface area contributed by atoms with Gasteiger partial charge in [-0.1, -0.05) is 24.3 Å². The van der Waals surface area contributed by atoms with Gasteiger partial charge in [0.05, 0.1) is 25.8 Å². The van der Waals surface area contributed by atoms with Crippen LogP contribution in [0.25, 0.3) is 5.76 Å². The standard InChI is InChI=1S/C25H21NO6/c1-31-19-11-9-17(10-12-19)26-22(15-5-3-7-18(27)13-15)21(24(29)25(26)30)23(28)16-6-4-8-20(14-16)32-2/h3-14,22,27-28H,1-2H3/b23-21-. The smallest absolute Gasteiger partial charge is 0.300 e. The van der Waals surface area contributed by atoms with Gasteiger partial charge in [0.25, 0.3) is 11.7 Å². The van der Waals surface area contributed by atoms with Crippen LogP contribution in [0.4, 0.5) is 5.69 Å². The second-order valence-corrected chi connectivity index (χ2v) is 7.19. The lowest BCUT2D eigenvalue weighted by Crippen LogP contribution is -2.29.